The summed E-state index contributed by atoms with van der Waals surface area (Å²) in [7, 11) is 0. The number of hydrazone groups is 1. The molecule has 1 aliphatic rings. The van der Waals surface area contributed by atoms with Crippen molar-refractivity contribution in [2.75, 3.05) is 0 Å². The van der Waals surface area contributed by atoms with E-state index in [9.17, 15) is 4.39 Å². The SMILES string of the molecule is Fc1ccc(COc2ccc3ccccc3c2/C=N/NC(=S)NC2CCCCC2)cc1. The van der Waals surface area contributed by atoms with E-state index in [2.05, 4.69) is 21.9 Å². The number of rotatable bonds is 6. The lowest BCUT2D eigenvalue weighted by atomic mass is 9.96. The number of thiocarbonyl (C=S) groups is 1. The predicted molar refractivity (Wildman–Crippen MR) is 128 cm³/mol. The van der Waals surface area contributed by atoms with Crippen LogP contribution in [0.15, 0.2) is 65.8 Å². The van der Waals surface area contributed by atoms with Crippen LogP contribution in [-0.4, -0.2) is 17.4 Å². The molecule has 0 unspecified atom stereocenters. The zero-order valence-corrected chi connectivity index (χ0v) is 18.1. The minimum absolute atomic E-state index is 0.258. The normalized spacial score (nSPS) is 14.6. The molecule has 160 valence electrons. The number of nitrogens with one attached hydrogen (secondary N) is 2. The second-order valence-corrected chi connectivity index (χ2v) is 8.20. The van der Waals surface area contributed by atoms with E-state index in [0.29, 0.717) is 23.5 Å². The summed E-state index contributed by atoms with van der Waals surface area (Å²) in [4.78, 5) is 0. The fourth-order valence-corrected chi connectivity index (χ4v) is 4.12. The van der Waals surface area contributed by atoms with Crippen molar-refractivity contribution in [1.82, 2.24) is 10.7 Å². The summed E-state index contributed by atoms with van der Waals surface area (Å²) in [5.74, 6) is 0.450. The van der Waals surface area contributed by atoms with Gasteiger partial charge in [0.15, 0.2) is 5.11 Å². The number of nitrogens with zero attached hydrogens (tertiary/aromatic N) is 1. The van der Waals surface area contributed by atoms with Crippen LogP contribution in [0.3, 0.4) is 0 Å². The van der Waals surface area contributed by atoms with Crippen LogP contribution in [0.1, 0.15) is 43.2 Å². The maximum atomic E-state index is 13.2. The first-order chi connectivity index (χ1) is 15.2. The molecule has 0 saturated heterocycles. The first-order valence-electron chi connectivity index (χ1n) is 10.7. The van der Waals surface area contributed by atoms with Gasteiger partial charge in [-0.3, -0.25) is 5.43 Å². The number of hydrogen-bond donors (Lipinski definition) is 2. The fourth-order valence-electron chi connectivity index (χ4n) is 3.90. The molecule has 4 nitrogen and oxygen atoms in total. The average Bonchev–Trinajstić information content (AvgIpc) is 2.80. The monoisotopic (exact) mass is 435 g/mol. The minimum atomic E-state index is -0.258. The smallest absolute Gasteiger partial charge is 0.187 e. The van der Waals surface area contributed by atoms with Crippen LogP contribution >= 0.6 is 12.2 Å². The summed E-state index contributed by atoms with van der Waals surface area (Å²) in [5, 5.41) is 10.4. The third kappa shape index (κ3) is 5.79. The maximum Gasteiger partial charge on any atom is 0.187 e. The number of ether oxygens (including phenoxy) is 1. The van der Waals surface area contributed by atoms with Crippen molar-refractivity contribution in [1.29, 1.82) is 0 Å². The van der Waals surface area contributed by atoms with Crippen LogP contribution in [0.25, 0.3) is 10.8 Å². The van der Waals surface area contributed by atoms with Gasteiger partial charge in [-0.05, 0) is 59.6 Å². The predicted octanol–water partition coefficient (Wildman–Crippen LogP) is 5.69. The quantitative estimate of drug-likeness (QED) is 0.297. The van der Waals surface area contributed by atoms with E-state index in [4.69, 9.17) is 17.0 Å². The van der Waals surface area contributed by atoms with Crippen LogP contribution < -0.4 is 15.5 Å². The van der Waals surface area contributed by atoms with Crippen LogP contribution in [0.4, 0.5) is 4.39 Å². The minimum Gasteiger partial charge on any atom is -0.488 e. The van der Waals surface area contributed by atoms with Crippen molar-refractivity contribution in [3.05, 3.63) is 77.6 Å². The van der Waals surface area contributed by atoms with Gasteiger partial charge in [0.1, 0.15) is 18.2 Å². The molecule has 0 amide bonds. The molecule has 6 heteroatoms. The number of benzene rings is 3. The average molecular weight is 436 g/mol. The van der Waals surface area contributed by atoms with E-state index in [0.717, 1.165) is 34.7 Å². The highest BCUT2D eigenvalue weighted by atomic mass is 32.1. The Morgan fingerprint density at radius 2 is 1.81 bits per heavy atom. The summed E-state index contributed by atoms with van der Waals surface area (Å²) < 4.78 is 19.2. The molecule has 0 radical (unpaired) electrons. The molecule has 2 N–H and O–H groups in total. The number of hydrogen-bond acceptors (Lipinski definition) is 3. The van der Waals surface area contributed by atoms with Gasteiger partial charge in [0.2, 0.25) is 0 Å². The summed E-state index contributed by atoms with van der Waals surface area (Å²) in [6.07, 6.45) is 7.84. The van der Waals surface area contributed by atoms with Gasteiger partial charge in [0.25, 0.3) is 0 Å². The van der Waals surface area contributed by atoms with E-state index in [1.807, 2.05) is 30.3 Å². The van der Waals surface area contributed by atoms with E-state index >= 15 is 0 Å². The van der Waals surface area contributed by atoms with Crippen molar-refractivity contribution in [3.63, 3.8) is 0 Å². The number of fused-ring (bicyclic) bond motifs is 1. The summed E-state index contributed by atoms with van der Waals surface area (Å²) >= 11 is 5.41. The molecule has 1 saturated carbocycles. The Morgan fingerprint density at radius 3 is 2.61 bits per heavy atom. The topological polar surface area (TPSA) is 45.6 Å². The Labute approximate surface area is 187 Å². The van der Waals surface area contributed by atoms with Crippen molar-refractivity contribution >= 4 is 34.3 Å². The molecule has 3 aromatic carbocycles. The van der Waals surface area contributed by atoms with Gasteiger partial charge in [-0.1, -0.05) is 61.7 Å². The third-order valence-corrected chi connectivity index (χ3v) is 5.75. The molecule has 1 fully saturated rings. The molecule has 0 aliphatic heterocycles. The molecule has 0 heterocycles. The van der Waals surface area contributed by atoms with Gasteiger partial charge < -0.3 is 10.1 Å². The summed E-state index contributed by atoms with van der Waals surface area (Å²) in [6, 6.07) is 18.8. The molecule has 3 aromatic rings. The third-order valence-electron chi connectivity index (χ3n) is 5.54. The largest absolute Gasteiger partial charge is 0.488 e. The standard InChI is InChI=1S/C25H26FN3OS/c26-20-13-10-18(11-14-20)17-30-24-15-12-19-6-4-5-9-22(19)23(24)16-27-29-25(31)28-21-7-2-1-3-8-21/h4-6,9-16,21H,1-3,7-8,17H2,(H2,28,29,31)/b27-16+. The highest BCUT2D eigenvalue weighted by molar-refractivity contribution is 7.80. The van der Waals surface area contributed by atoms with Gasteiger partial charge in [0.05, 0.1) is 6.21 Å². The summed E-state index contributed by atoms with van der Waals surface area (Å²) in [6.45, 7) is 0.342. The van der Waals surface area contributed by atoms with Crippen molar-refractivity contribution < 1.29 is 9.13 Å². The van der Waals surface area contributed by atoms with Gasteiger partial charge in [-0.25, -0.2) is 4.39 Å². The lowest BCUT2D eigenvalue weighted by molar-refractivity contribution is 0.306. The van der Waals surface area contributed by atoms with E-state index in [-0.39, 0.29) is 5.82 Å². The molecule has 0 spiro atoms. The Kier molecular flexibility index (Phi) is 7.10. The van der Waals surface area contributed by atoms with Crippen LogP contribution in [0, 0.1) is 5.82 Å². The zero-order chi connectivity index (χ0) is 21.5. The molecule has 4 rings (SSSR count). The van der Waals surface area contributed by atoms with Gasteiger partial charge in [-0.15, -0.1) is 0 Å². The molecule has 0 atom stereocenters. The van der Waals surface area contributed by atoms with E-state index < -0.39 is 0 Å². The lowest BCUT2D eigenvalue weighted by Gasteiger charge is -2.23. The molecular formula is C25H26FN3OS. The highest BCUT2D eigenvalue weighted by Gasteiger charge is 2.13. The van der Waals surface area contributed by atoms with Crippen molar-refractivity contribution in [2.45, 2.75) is 44.8 Å². The fraction of sp³-hybridized carbons (Fsp3) is 0.280. The van der Waals surface area contributed by atoms with Crippen molar-refractivity contribution in [3.8, 4) is 5.75 Å². The summed E-state index contributed by atoms with van der Waals surface area (Å²) in [5.41, 5.74) is 4.71. The first kappa shape index (κ1) is 21.2. The van der Waals surface area contributed by atoms with Crippen LogP contribution in [0.5, 0.6) is 5.75 Å². The van der Waals surface area contributed by atoms with E-state index in [1.54, 1.807) is 18.3 Å². The first-order valence-corrected chi connectivity index (χ1v) is 11.1. The molecule has 1 aliphatic carbocycles. The Bertz CT molecular complexity index is 1060. The van der Waals surface area contributed by atoms with Gasteiger partial charge >= 0.3 is 0 Å². The Morgan fingerprint density at radius 1 is 1.03 bits per heavy atom. The molecule has 0 aromatic heterocycles. The highest BCUT2D eigenvalue weighted by Crippen LogP contribution is 2.27. The molecule has 31 heavy (non-hydrogen) atoms. The zero-order valence-electron chi connectivity index (χ0n) is 17.3. The molecular weight excluding hydrogens is 409 g/mol. The second-order valence-electron chi connectivity index (χ2n) is 7.79. The second kappa shape index (κ2) is 10.4. The van der Waals surface area contributed by atoms with Gasteiger partial charge in [0, 0.05) is 11.6 Å². The lowest BCUT2D eigenvalue weighted by Crippen LogP contribution is -2.40. The molecule has 0 bridgehead atoms. The Balaban J connectivity index is 1.48. The van der Waals surface area contributed by atoms with E-state index in [1.165, 1.54) is 31.4 Å². The van der Waals surface area contributed by atoms with Crippen LogP contribution in [-0.2, 0) is 6.61 Å². The van der Waals surface area contributed by atoms with Gasteiger partial charge in [-0.2, -0.15) is 5.10 Å². The van der Waals surface area contributed by atoms with Crippen LogP contribution in [0.2, 0.25) is 0 Å². The van der Waals surface area contributed by atoms with Crippen molar-refractivity contribution in [2.24, 2.45) is 5.10 Å². The Hall–Kier alpha value is -2.99. The number of halogens is 1. The maximum absolute atomic E-state index is 13.2.